The number of aryl methyl sites for hydroxylation is 1. The highest BCUT2D eigenvalue weighted by atomic mass is 79.9. The largest absolute Gasteiger partial charge is 0.507 e. The molecule has 0 saturated heterocycles. The summed E-state index contributed by atoms with van der Waals surface area (Å²) in [6.07, 6.45) is 3.90. The van der Waals surface area contributed by atoms with Crippen LogP contribution in [0.1, 0.15) is 11.1 Å². The van der Waals surface area contributed by atoms with Crippen molar-refractivity contribution in [2.45, 2.75) is 19.8 Å². The zero-order chi connectivity index (χ0) is 22.9. The Labute approximate surface area is 183 Å². The average Bonchev–Trinajstić information content (AvgIpc) is 2.72. The normalized spacial score (nSPS) is 11.4. The maximum atomic E-state index is 10.5. The van der Waals surface area contributed by atoms with Crippen molar-refractivity contribution >= 4 is 21.7 Å². The molecule has 3 aromatic rings. The van der Waals surface area contributed by atoms with Crippen LogP contribution in [0.15, 0.2) is 23.2 Å². The van der Waals surface area contributed by atoms with Crippen LogP contribution in [0.2, 0.25) is 0 Å². The minimum atomic E-state index is -2.94. The molecule has 0 bridgehead atoms. The van der Waals surface area contributed by atoms with Crippen LogP contribution >= 0.6 is 15.9 Å². The molecule has 13 heteroatoms. The number of ether oxygens (including phenoxy) is 2. The van der Waals surface area contributed by atoms with Crippen LogP contribution in [0.5, 0.6) is 29.1 Å². The molecule has 0 aliphatic heterocycles. The molecular formula is C18H18BrN5O7. The van der Waals surface area contributed by atoms with Crippen molar-refractivity contribution in [3.63, 3.8) is 0 Å². The van der Waals surface area contributed by atoms with Gasteiger partial charge in [-0.15, -0.1) is 0 Å². The monoisotopic (exact) mass is 495 g/mol. The van der Waals surface area contributed by atoms with Gasteiger partial charge in [0.1, 0.15) is 17.9 Å². The fraction of sp³-hybridized carbons (Fsp3) is 0.222. The molecule has 0 spiro atoms. The van der Waals surface area contributed by atoms with E-state index in [0.717, 1.165) is 11.9 Å². The summed E-state index contributed by atoms with van der Waals surface area (Å²) < 4.78 is 10.3. The molecule has 2 heterocycles. The molecule has 164 valence electrons. The van der Waals surface area contributed by atoms with E-state index in [9.17, 15) is 25.5 Å². The Balaban J connectivity index is 1.98. The number of phenols is 3. The average molecular weight is 496 g/mol. The van der Waals surface area contributed by atoms with Crippen molar-refractivity contribution < 1.29 is 35.0 Å². The molecule has 0 fully saturated rings. The number of nitrogens with two attached hydrogens (primary N) is 1. The number of phenolic OH excluding ortho intramolecular Hbond substituents is 3. The fourth-order valence-corrected chi connectivity index (χ4v) is 2.91. The predicted octanol–water partition coefficient (Wildman–Crippen LogP) is 1.11. The van der Waals surface area contributed by atoms with E-state index in [-0.39, 0.29) is 33.0 Å². The van der Waals surface area contributed by atoms with Gasteiger partial charge in [-0.3, -0.25) is 0 Å². The molecule has 1 aromatic carbocycles. The molecule has 3 rings (SSSR count). The highest BCUT2D eigenvalue weighted by Gasteiger charge is 2.33. The summed E-state index contributed by atoms with van der Waals surface area (Å²) in [5.74, 6) is -5.56. The van der Waals surface area contributed by atoms with Crippen LogP contribution in [0.4, 0.5) is 5.82 Å². The molecule has 31 heavy (non-hydrogen) atoms. The summed E-state index contributed by atoms with van der Waals surface area (Å²) in [6, 6.07) is -0.132. The summed E-state index contributed by atoms with van der Waals surface area (Å²) in [4.78, 5) is 15.3. The highest BCUT2D eigenvalue weighted by molar-refractivity contribution is 9.10. The lowest BCUT2D eigenvalue weighted by Gasteiger charge is -2.24. The van der Waals surface area contributed by atoms with Crippen LogP contribution in [0, 0.1) is 13.8 Å². The van der Waals surface area contributed by atoms with Gasteiger partial charge in [0.05, 0.1) is 15.6 Å². The predicted molar refractivity (Wildman–Crippen MR) is 109 cm³/mol. The lowest BCUT2D eigenvalue weighted by Crippen LogP contribution is -2.42. The first kappa shape index (κ1) is 22.3. The Morgan fingerprint density at radius 3 is 2.26 bits per heavy atom. The molecule has 12 nitrogen and oxygen atoms in total. The summed E-state index contributed by atoms with van der Waals surface area (Å²) in [5, 5.41) is 51.5. The Morgan fingerprint density at radius 1 is 0.968 bits per heavy atom. The van der Waals surface area contributed by atoms with Gasteiger partial charge in [-0.25, -0.2) is 19.9 Å². The number of hydrogen-bond donors (Lipinski definition) is 6. The number of rotatable bonds is 6. The molecular weight excluding hydrogens is 478 g/mol. The molecule has 0 saturated carbocycles. The van der Waals surface area contributed by atoms with Gasteiger partial charge in [-0.2, -0.15) is 0 Å². The third-order valence-corrected chi connectivity index (χ3v) is 5.06. The fourth-order valence-electron chi connectivity index (χ4n) is 2.53. The number of aliphatic hydroxyl groups is 2. The summed E-state index contributed by atoms with van der Waals surface area (Å²) in [6.45, 7) is 2.39. The first-order valence-electron chi connectivity index (χ1n) is 8.60. The van der Waals surface area contributed by atoms with E-state index in [1.165, 1.54) is 19.3 Å². The number of aromatic nitrogens is 4. The number of halogens is 1. The third-order valence-electron chi connectivity index (χ3n) is 4.09. The van der Waals surface area contributed by atoms with Crippen LogP contribution < -0.4 is 15.2 Å². The summed E-state index contributed by atoms with van der Waals surface area (Å²) in [5.41, 5.74) is 6.15. The van der Waals surface area contributed by atoms with Crippen molar-refractivity contribution in [3.05, 3.63) is 34.3 Å². The van der Waals surface area contributed by atoms with E-state index < -0.39 is 35.7 Å². The Hall–Kier alpha value is -3.42. The van der Waals surface area contributed by atoms with Crippen LogP contribution in [0.25, 0.3) is 11.1 Å². The Morgan fingerprint density at radius 2 is 1.61 bits per heavy atom. The molecule has 0 atom stereocenters. The Bertz CT molecular complexity index is 1100. The maximum absolute atomic E-state index is 10.5. The van der Waals surface area contributed by atoms with Gasteiger partial charge in [0.25, 0.3) is 0 Å². The zero-order valence-corrected chi connectivity index (χ0v) is 17.8. The molecule has 7 N–H and O–H groups in total. The number of hydrogen-bond acceptors (Lipinski definition) is 12. The van der Waals surface area contributed by atoms with Gasteiger partial charge in [-0.05, 0) is 35.3 Å². The quantitative estimate of drug-likeness (QED) is 0.162. The van der Waals surface area contributed by atoms with Crippen molar-refractivity contribution in [2.75, 3.05) is 12.3 Å². The maximum Gasteiger partial charge on any atom is 0.359 e. The van der Waals surface area contributed by atoms with Crippen molar-refractivity contribution in [1.82, 2.24) is 19.9 Å². The van der Waals surface area contributed by atoms with Gasteiger partial charge in [0.15, 0.2) is 18.1 Å². The SMILES string of the molecule is Cc1cnc(OCC(O)(O)Oc2ncnc(N)c2-c2c(O)c(C)c(Br)c(O)c2O)nc1. The van der Waals surface area contributed by atoms with Crippen LogP contribution in [-0.4, -0.2) is 58.0 Å². The first-order chi connectivity index (χ1) is 14.5. The Kier molecular flexibility index (Phi) is 6.01. The lowest BCUT2D eigenvalue weighted by atomic mass is 10.0. The second kappa shape index (κ2) is 8.37. The number of nitrogen functional groups attached to an aromatic ring is 1. The van der Waals surface area contributed by atoms with Crippen LogP contribution in [-0.2, 0) is 0 Å². The summed E-state index contributed by atoms with van der Waals surface area (Å²) >= 11 is 3.05. The molecule has 0 radical (unpaired) electrons. The molecule has 0 amide bonds. The van der Waals surface area contributed by atoms with Gasteiger partial charge in [-0.1, -0.05) is 0 Å². The van der Waals surface area contributed by atoms with Crippen molar-refractivity contribution in [1.29, 1.82) is 0 Å². The smallest absolute Gasteiger partial charge is 0.359 e. The highest BCUT2D eigenvalue weighted by Crippen LogP contribution is 2.52. The second-order valence-electron chi connectivity index (χ2n) is 6.48. The number of nitrogens with zero attached hydrogens (tertiary/aromatic N) is 4. The first-order valence-corrected chi connectivity index (χ1v) is 9.40. The van der Waals surface area contributed by atoms with Crippen LogP contribution in [0.3, 0.4) is 0 Å². The molecule has 0 aliphatic rings. The topological polar surface area (TPSA) is 197 Å². The van der Waals surface area contributed by atoms with Gasteiger partial charge >= 0.3 is 12.0 Å². The molecule has 0 unspecified atom stereocenters. The van der Waals surface area contributed by atoms with E-state index >= 15 is 0 Å². The van der Waals surface area contributed by atoms with E-state index in [2.05, 4.69) is 35.9 Å². The van der Waals surface area contributed by atoms with Gasteiger partial charge < -0.3 is 40.7 Å². The number of anilines is 1. The third kappa shape index (κ3) is 4.52. The molecule has 2 aromatic heterocycles. The van der Waals surface area contributed by atoms with Crippen molar-refractivity contribution in [2.24, 2.45) is 0 Å². The standard InChI is InChI=1S/C18H18BrN5O7/c1-7-3-21-17(22-4-7)30-5-18(28,29)31-16-10(15(20)23-6-24-16)9-12(25)8(2)11(19)14(27)13(9)26/h3-4,6,25-29H,5H2,1-2H3,(H2,20,23,24). The van der Waals surface area contributed by atoms with Gasteiger partial charge in [0.2, 0.25) is 5.88 Å². The molecule has 0 aliphatic carbocycles. The van der Waals surface area contributed by atoms with Gasteiger partial charge in [0, 0.05) is 18.0 Å². The van der Waals surface area contributed by atoms with E-state index in [1.54, 1.807) is 6.92 Å². The van der Waals surface area contributed by atoms with E-state index in [0.29, 0.717) is 0 Å². The zero-order valence-electron chi connectivity index (χ0n) is 16.2. The minimum Gasteiger partial charge on any atom is -0.507 e. The number of benzene rings is 1. The van der Waals surface area contributed by atoms with Crippen molar-refractivity contribution in [3.8, 4) is 40.3 Å². The van der Waals surface area contributed by atoms with E-state index in [1.807, 2.05) is 0 Å². The minimum absolute atomic E-state index is 0.0503. The summed E-state index contributed by atoms with van der Waals surface area (Å²) in [7, 11) is 0. The van der Waals surface area contributed by atoms with E-state index in [4.69, 9.17) is 15.2 Å². The lowest BCUT2D eigenvalue weighted by molar-refractivity contribution is -0.305. The second-order valence-corrected chi connectivity index (χ2v) is 7.27. The number of aromatic hydroxyl groups is 3.